The predicted octanol–water partition coefficient (Wildman–Crippen LogP) is -3.83. The molecule has 0 saturated carbocycles. The van der Waals surface area contributed by atoms with Crippen molar-refractivity contribution < 1.29 is 86.8 Å². The zero-order chi connectivity index (χ0) is 81.5. The van der Waals surface area contributed by atoms with Crippen LogP contribution in [-0.2, 0) is 89.4 Å². The van der Waals surface area contributed by atoms with Gasteiger partial charge in [-0.25, -0.2) is 4.98 Å². The fourth-order valence-corrected chi connectivity index (χ4v) is 10.7. The molecule has 12 atom stereocenters. The molecule has 0 bridgehead atoms. The monoisotopic (exact) mass is 1530 g/mol. The maximum atomic E-state index is 14.7. The molecule has 0 aliphatic carbocycles. The Hall–Kier alpha value is -10.1. The number of rotatable bonds is 51. The van der Waals surface area contributed by atoms with E-state index >= 15 is 0 Å². The van der Waals surface area contributed by atoms with Gasteiger partial charge in [-0.2, -0.15) is 0 Å². The van der Waals surface area contributed by atoms with E-state index in [1.165, 1.54) is 45.8 Å². The van der Waals surface area contributed by atoms with Gasteiger partial charge < -0.3 is 117 Å². The standard InChI is InChI=1S/C70H118N20O18/c1-14-40(10)58(90-68(105)56(38(6)7)88-51(92)32-77-60(97)45(72)29-42-20-22-44(91)23-21-42)69(106)89-57(39(8)9)67(104)86-50(30-43-31-75-35-80-43)65(102)82-47(19-17-27-76-70(73)74)63(100)85-49(28-36(2)3)64(101)83-48(24-25-53(94)95)61(98)78-33-52(93)87-55(37(4)5)66(103)84-46(18-15-16-26-71)62(99)81-41(11)59(96)79-34-54(107-12)108-13/h20-23,31,35-41,45-50,54-58,91H,14-19,24-30,32-34,71-72H2,1-13H3,(H,75,80)(H,77,97)(H,78,98)(H,79,96)(H,81,99)(H,82,102)(H,83,101)(H,84,103)(H,85,100)(H,86,104)(H,87,93)(H,88,92)(H,89,106)(H,90,105)(H,94,95)(H4,73,74,76)/t40-,41-,45-,46-,47-,48-,49-,50-,55-,56-,57-,58-/m0/s1. The van der Waals surface area contributed by atoms with Crippen LogP contribution in [0.2, 0.25) is 0 Å². The van der Waals surface area contributed by atoms with Gasteiger partial charge in [-0.15, -0.1) is 0 Å². The van der Waals surface area contributed by atoms with Gasteiger partial charge in [0.05, 0.1) is 32.0 Å². The summed E-state index contributed by atoms with van der Waals surface area (Å²) in [5.41, 5.74) is 24.0. The van der Waals surface area contributed by atoms with E-state index in [1.54, 1.807) is 81.4 Å². The molecule has 2 rings (SSSR count). The van der Waals surface area contributed by atoms with Crippen LogP contribution in [0.3, 0.4) is 0 Å². The van der Waals surface area contributed by atoms with E-state index in [2.05, 4.69) is 84.1 Å². The van der Waals surface area contributed by atoms with Gasteiger partial charge in [-0.05, 0) is 112 Å². The number of amides is 13. The first-order valence-electron chi connectivity index (χ1n) is 36.2. The molecule has 38 nitrogen and oxygen atoms in total. The van der Waals surface area contributed by atoms with E-state index in [4.69, 9.17) is 32.4 Å². The first kappa shape index (κ1) is 94.0. The zero-order valence-corrected chi connectivity index (χ0v) is 64.2. The number of benzene rings is 1. The molecule has 1 aromatic carbocycles. The first-order valence-corrected chi connectivity index (χ1v) is 36.2. The lowest BCUT2D eigenvalue weighted by Gasteiger charge is -2.31. The Kier molecular flexibility index (Phi) is 42.6. The number of ether oxygens (including phenoxy) is 2. The largest absolute Gasteiger partial charge is 0.508 e. The van der Waals surface area contributed by atoms with E-state index in [-0.39, 0.29) is 75.8 Å². The third-order valence-corrected chi connectivity index (χ3v) is 17.3. The minimum absolute atomic E-state index is 0.0244. The van der Waals surface area contributed by atoms with Crippen molar-refractivity contribution >= 4 is 88.7 Å². The van der Waals surface area contributed by atoms with Gasteiger partial charge in [0.25, 0.3) is 0 Å². The highest BCUT2D eigenvalue weighted by atomic mass is 16.7. The fourth-order valence-electron chi connectivity index (χ4n) is 10.7. The number of unbranched alkanes of at least 4 members (excludes halogenated alkanes) is 1. The molecular formula is C70H118N20O18. The molecule has 1 aromatic heterocycles. The molecule has 1 heterocycles. The highest BCUT2D eigenvalue weighted by Gasteiger charge is 2.38. The SMILES string of the molecule is CC[C@H](C)[C@H](NC(=O)[C@@H](NC(=O)CNC(=O)[C@@H](N)Cc1ccc(O)cc1)C(C)C)C(=O)N[C@H](C(=O)N[C@@H](Cc1cnc[nH]1)C(=O)N[C@@H](CCCN=C(N)N)C(=O)N[C@@H](CC(C)C)C(=O)N[C@@H](CCC(=O)O)C(=O)NCC(=O)N[C@H](C(=O)N[C@@H](CCCCN)C(=O)N[C@@H](C)C(=O)NCC(OC)OC)C(C)C)C(C)C. The van der Waals surface area contributed by atoms with Crippen molar-refractivity contribution in [3.63, 3.8) is 0 Å². The topological polar surface area (TPSA) is 599 Å². The average molecular weight is 1530 g/mol. The Bertz CT molecular complexity index is 3280. The first-order chi connectivity index (χ1) is 50.9. The highest BCUT2D eigenvalue weighted by Crippen LogP contribution is 2.16. The van der Waals surface area contributed by atoms with Crippen LogP contribution in [0.25, 0.3) is 0 Å². The second kappa shape index (κ2) is 49.0. The summed E-state index contributed by atoms with van der Waals surface area (Å²) in [5.74, 6) is -14.9. The number of aromatic hydroxyl groups is 1. The summed E-state index contributed by atoms with van der Waals surface area (Å²) < 4.78 is 10.2. The van der Waals surface area contributed by atoms with Gasteiger partial charge in [0, 0.05) is 45.5 Å². The Labute approximate surface area is 630 Å². The van der Waals surface area contributed by atoms with Crippen molar-refractivity contribution in [3.05, 3.63) is 48.0 Å². The fraction of sp³-hybridized carbons (Fsp3) is 0.657. The van der Waals surface area contributed by atoms with E-state index in [0.717, 1.165) is 0 Å². The van der Waals surface area contributed by atoms with Crippen molar-refractivity contribution in [1.29, 1.82) is 0 Å². The molecule has 0 spiro atoms. The van der Waals surface area contributed by atoms with E-state index in [0.29, 0.717) is 30.5 Å². The number of H-pyrrole nitrogens is 1. The molecule has 13 amide bonds. The normalized spacial score (nSPS) is 14.6. The predicted molar refractivity (Wildman–Crippen MR) is 397 cm³/mol. The van der Waals surface area contributed by atoms with Gasteiger partial charge >= 0.3 is 5.97 Å². The lowest BCUT2D eigenvalue weighted by molar-refractivity contribution is -0.138. The number of carboxylic acid groups (broad SMARTS) is 1. The lowest BCUT2D eigenvalue weighted by Crippen LogP contribution is -2.62. The molecule has 0 fully saturated rings. The number of carboxylic acids is 1. The van der Waals surface area contributed by atoms with Gasteiger partial charge in [0.1, 0.15) is 66.2 Å². The Morgan fingerprint density at radius 2 is 0.991 bits per heavy atom. The quantitative estimate of drug-likeness (QED) is 0.0131. The highest BCUT2D eigenvalue weighted by molar-refractivity contribution is 5.99. The number of nitrogens with one attached hydrogen (secondary N) is 14. The number of aromatic amines is 1. The van der Waals surface area contributed by atoms with Crippen molar-refractivity contribution in [2.75, 3.05) is 46.9 Å². The number of aliphatic imine (C=N–C) groups is 1. The van der Waals surface area contributed by atoms with Gasteiger partial charge in [0.2, 0.25) is 76.8 Å². The Morgan fingerprint density at radius 3 is 1.49 bits per heavy atom. The van der Waals surface area contributed by atoms with Crippen LogP contribution in [0.1, 0.15) is 145 Å². The number of carbonyl (C=O) groups is 14. The maximum Gasteiger partial charge on any atom is 0.303 e. The molecular weight excluding hydrogens is 1410 g/mol. The van der Waals surface area contributed by atoms with Crippen LogP contribution < -0.4 is 92.1 Å². The van der Waals surface area contributed by atoms with Crippen LogP contribution in [0.4, 0.5) is 0 Å². The lowest BCUT2D eigenvalue weighted by atomic mass is 9.95. The second-order valence-electron chi connectivity index (χ2n) is 27.9. The summed E-state index contributed by atoms with van der Waals surface area (Å²) in [4.78, 5) is 203. The Balaban J connectivity index is 2.41. The van der Waals surface area contributed by atoms with Gasteiger partial charge in [-0.3, -0.25) is 72.1 Å². The molecule has 0 unspecified atom stereocenters. The molecule has 108 heavy (non-hydrogen) atoms. The summed E-state index contributed by atoms with van der Waals surface area (Å²) in [6, 6.07) is -8.51. The summed E-state index contributed by atoms with van der Waals surface area (Å²) in [6.45, 7) is 17.0. The molecule has 38 heteroatoms. The number of carbonyl (C=O) groups excluding carboxylic acids is 13. The van der Waals surface area contributed by atoms with Crippen molar-refractivity contribution in [2.24, 2.45) is 57.5 Å². The van der Waals surface area contributed by atoms with Crippen LogP contribution in [-0.4, -0.2) is 229 Å². The average Bonchev–Trinajstić information content (AvgIpc) is 0.940. The minimum Gasteiger partial charge on any atom is -0.508 e. The van der Waals surface area contributed by atoms with Crippen LogP contribution in [0, 0.1) is 29.6 Å². The number of imidazole rings is 1. The number of hydrogen-bond acceptors (Lipinski definition) is 21. The van der Waals surface area contributed by atoms with E-state index < -0.39 is 205 Å². The number of methoxy groups -OCH3 is 2. The molecule has 0 aliphatic heterocycles. The number of phenolic OH excluding ortho intramolecular Hbond substituents is 1. The number of aromatic nitrogens is 2. The van der Waals surface area contributed by atoms with E-state index in [1.807, 2.05) is 0 Å². The van der Waals surface area contributed by atoms with Crippen molar-refractivity contribution in [1.82, 2.24) is 79.1 Å². The molecule has 606 valence electrons. The number of aliphatic carboxylic acids is 1. The molecule has 24 N–H and O–H groups in total. The van der Waals surface area contributed by atoms with Crippen molar-refractivity contribution in [3.8, 4) is 5.75 Å². The van der Waals surface area contributed by atoms with Crippen LogP contribution in [0.5, 0.6) is 5.75 Å². The van der Waals surface area contributed by atoms with Gasteiger partial charge in [0.15, 0.2) is 12.2 Å². The maximum absolute atomic E-state index is 14.7. The summed E-state index contributed by atoms with van der Waals surface area (Å²) in [5, 5.41) is 53.0. The molecule has 0 saturated heterocycles. The summed E-state index contributed by atoms with van der Waals surface area (Å²) >= 11 is 0. The number of phenols is 1. The molecule has 2 aromatic rings. The minimum atomic E-state index is -1.64. The van der Waals surface area contributed by atoms with Crippen LogP contribution >= 0.6 is 0 Å². The number of nitrogens with two attached hydrogens (primary N) is 4. The second-order valence-corrected chi connectivity index (χ2v) is 27.9. The Morgan fingerprint density at radius 1 is 0.528 bits per heavy atom. The number of nitrogens with zero attached hydrogens (tertiary/aromatic N) is 2. The summed E-state index contributed by atoms with van der Waals surface area (Å²) in [7, 11) is 2.77. The van der Waals surface area contributed by atoms with Crippen LogP contribution in [0.15, 0.2) is 41.8 Å². The molecule has 0 radical (unpaired) electrons. The van der Waals surface area contributed by atoms with Crippen molar-refractivity contribution in [2.45, 2.75) is 220 Å². The molecule has 0 aliphatic rings. The third kappa shape index (κ3) is 35.1. The van der Waals surface area contributed by atoms with E-state index in [9.17, 15) is 77.3 Å². The third-order valence-electron chi connectivity index (χ3n) is 17.3. The smallest absolute Gasteiger partial charge is 0.303 e. The zero-order valence-electron chi connectivity index (χ0n) is 64.2. The number of hydrogen-bond donors (Lipinski definition) is 20. The van der Waals surface area contributed by atoms with Gasteiger partial charge in [-0.1, -0.05) is 87.8 Å². The number of guanidine groups is 1. The summed E-state index contributed by atoms with van der Waals surface area (Å²) in [6.07, 6.45) is 1.75.